The Kier molecular flexibility index (Phi) is 11.1. The summed E-state index contributed by atoms with van der Waals surface area (Å²) in [7, 11) is 0. The molecule has 0 aromatic heterocycles. The van der Waals surface area contributed by atoms with Gasteiger partial charge in [-0.25, -0.2) is 4.79 Å². The van der Waals surface area contributed by atoms with Gasteiger partial charge in [-0.3, -0.25) is 14.4 Å². The van der Waals surface area contributed by atoms with E-state index in [-0.39, 0.29) is 51.9 Å². The molecule has 3 aromatic carbocycles. The second-order valence-electron chi connectivity index (χ2n) is 13.4. The summed E-state index contributed by atoms with van der Waals surface area (Å²) in [6, 6.07) is 17.0. The zero-order valence-electron chi connectivity index (χ0n) is 28.3. The maximum absolute atomic E-state index is 14.1. The minimum absolute atomic E-state index is 0.0232. The Labute approximate surface area is 289 Å². The molecule has 6 rings (SSSR count). The fourth-order valence-electron chi connectivity index (χ4n) is 6.15. The Morgan fingerprint density at radius 2 is 1.64 bits per heavy atom. The Balaban J connectivity index is 1.46. The number of alkyl halides is 3. The Bertz CT molecular complexity index is 1730. The smallest absolute Gasteiger partial charge is 0.416 e. The van der Waals surface area contributed by atoms with Gasteiger partial charge >= 0.3 is 18.2 Å². The Hall–Kier alpha value is -4.91. The van der Waals surface area contributed by atoms with E-state index in [1.807, 2.05) is 48.5 Å². The van der Waals surface area contributed by atoms with E-state index in [1.165, 1.54) is 11.0 Å². The molecule has 4 bridgehead atoms. The number of carbonyl (C=O) groups excluding carboxylic acids is 4. The topological polar surface area (TPSA) is 129 Å². The maximum Gasteiger partial charge on any atom is 0.416 e. The van der Waals surface area contributed by atoms with Crippen LogP contribution in [0.3, 0.4) is 0 Å². The van der Waals surface area contributed by atoms with Crippen molar-refractivity contribution in [2.45, 2.75) is 83.4 Å². The molecule has 3 aliphatic rings. The van der Waals surface area contributed by atoms with Gasteiger partial charge in [-0.05, 0) is 79.6 Å². The Morgan fingerprint density at radius 1 is 0.900 bits per heavy atom. The molecule has 266 valence electrons. The molecule has 0 fully saturated rings. The second kappa shape index (κ2) is 15.3. The summed E-state index contributed by atoms with van der Waals surface area (Å²) < 4.78 is 46.5. The van der Waals surface area contributed by atoms with Gasteiger partial charge in [0.25, 0.3) is 0 Å². The first-order valence-electron chi connectivity index (χ1n) is 16.6. The second-order valence-corrected chi connectivity index (χ2v) is 13.4. The number of esters is 1. The zero-order chi connectivity index (χ0) is 36.1. The number of urea groups is 1. The molecule has 0 aliphatic carbocycles. The molecule has 50 heavy (non-hydrogen) atoms. The summed E-state index contributed by atoms with van der Waals surface area (Å²) in [6.07, 6.45) is -4.86. The van der Waals surface area contributed by atoms with Gasteiger partial charge in [0.15, 0.2) is 0 Å². The predicted octanol–water partition coefficient (Wildman–Crippen LogP) is 5.23. The normalized spacial score (nSPS) is 21.2. The molecule has 0 spiro atoms. The molecule has 4 N–H and O–H groups in total. The molecule has 3 aliphatic heterocycles. The fraction of sp³-hybridized carbons (Fsp3) is 0.405. The SMILES string of the molecule is C[C@@H]1CNC(C)(C)CC(=O)N[C@@H]2CCc3cc(C(F)(F)F)ccc3N(Cc3ccc(cc3)-c3ccccc3CNC(=O)NCCC(=O)O1)C2=O. The van der Waals surface area contributed by atoms with Crippen molar-refractivity contribution in [2.24, 2.45) is 0 Å². The van der Waals surface area contributed by atoms with Gasteiger partial charge in [0.1, 0.15) is 12.1 Å². The number of hydrogen-bond acceptors (Lipinski definition) is 6. The number of ether oxygens (including phenoxy) is 1. The number of fused-ring (bicyclic) bond motifs is 17. The Morgan fingerprint density at radius 3 is 2.38 bits per heavy atom. The summed E-state index contributed by atoms with van der Waals surface area (Å²) in [5.41, 5.74) is 2.47. The van der Waals surface area contributed by atoms with E-state index in [4.69, 9.17) is 4.74 Å². The third-order valence-corrected chi connectivity index (χ3v) is 8.78. The van der Waals surface area contributed by atoms with Crippen LogP contribution in [0.5, 0.6) is 0 Å². The first kappa shape index (κ1) is 36.4. The lowest BCUT2D eigenvalue weighted by Crippen LogP contribution is -2.51. The number of hydrogen-bond donors (Lipinski definition) is 4. The predicted molar refractivity (Wildman–Crippen MR) is 182 cm³/mol. The molecule has 0 saturated carbocycles. The standard InChI is InChI=1S/C37H42F3N5O5/c1-23-20-43-36(2,3)19-32(46)44-30-14-12-26-18-28(37(38,39)40)13-15-31(26)45(34(30)48)22-24-8-10-25(11-9-24)29-7-5-4-6-27(29)21-42-35(49)41-17-16-33(47)50-23/h4-11,13,15,18,23,30,43H,12,14,16-17,19-22H2,1-3H3,(H,44,46)(H2,41,42,49)/t23-,30-/m1/s1. The largest absolute Gasteiger partial charge is 0.461 e. The molecular weight excluding hydrogens is 651 g/mol. The van der Waals surface area contributed by atoms with Crippen LogP contribution in [-0.4, -0.2) is 54.6 Å². The number of aryl methyl sites for hydroxylation is 1. The van der Waals surface area contributed by atoms with Gasteiger partial charge < -0.3 is 30.9 Å². The van der Waals surface area contributed by atoms with Crippen molar-refractivity contribution in [1.82, 2.24) is 21.3 Å². The van der Waals surface area contributed by atoms with Crippen molar-refractivity contribution in [3.8, 4) is 11.1 Å². The molecule has 2 atom stereocenters. The van der Waals surface area contributed by atoms with Crippen molar-refractivity contribution in [1.29, 1.82) is 0 Å². The lowest BCUT2D eigenvalue weighted by molar-refractivity contribution is -0.148. The van der Waals surface area contributed by atoms with E-state index >= 15 is 0 Å². The lowest BCUT2D eigenvalue weighted by atomic mass is 9.98. The summed E-state index contributed by atoms with van der Waals surface area (Å²) in [5.74, 6) is -1.33. The monoisotopic (exact) mass is 693 g/mol. The zero-order valence-corrected chi connectivity index (χ0v) is 28.3. The van der Waals surface area contributed by atoms with Crippen LogP contribution in [0.2, 0.25) is 0 Å². The quantitative estimate of drug-likeness (QED) is 0.239. The van der Waals surface area contributed by atoms with Gasteiger partial charge in [0, 0.05) is 37.3 Å². The highest BCUT2D eigenvalue weighted by molar-refractivity contribution is 6.00. The number of nitrogens with one attached hydrogen (secondary N) is 4. The van der Waals surface area contributed by atoms with Crippen molar-refractivity contribution in [3.63, 3.8) is 0 Å². The van der Waals surface area contributed by atoms with Gasteiger partial charge in [-0.15, -0.1) is 0 Å². The van der Waals surface area contributed by atoms with Crippen molar-refractivity contribution in [3.05, 3.63) is 89.0 Å². The van der Waals surface area contributed by atoms with Crippen LogP contribution >= 0.6 is 0 Å². The first-order chi connectivity index (χ1) is 23.7. The molecule has 0 saturated heterocycles. The van der Waals surface area contributed by atoms with Crippen LogP contribution in [0.25, 0.3) is 11.1 Å². The van der Waals surface area contributed by atoms with Gasteiger partial charge in [-0.2, -0.15) is 13.2 Å². The van der Waals surface area contributed by atoms with Gasteiger partial charge in [-0.1, -0.05) is 48.5 Å². The van der Waals surface area contributed by atoms with Crippen molar-refractivity contribution in [2.75, 3.05) is 18.0 Å². The van der Waals surface area contributed by atoms with Crippen LogP contribution in [0.1, 0.15) is 62.3 Å². The molecule has 10 nitrogen and oxygen atoms in total. The summed E-state index contributed by atoms with van der Waals surface area (Å²) >= 11 is 0. The van der Waals surface area contributed by atoms with Gasteiger partial charge in [0.05, 0.1) is 18.5 Å². The van der Waals surface area contributed by atoms with Crippen LogP contribution in [-0.2, 0) is 44.8 Å². The number of carbonyl (C=O) groups is 4. The molecule has 0 unspecified atom stereocenters. The number of nitrogens with zero attached hydrogens (tertiary/aromatic N) is 1. The van der Waals surface area contributed by atoms with Crippen LogP contribution < -0.4 is 26.2 Å². The number of benzene rings is 3. The summed E-state index contributed by atoms with van der Waals surface area (Å²) in [6.45, 7) is 5.92. The van der Waals surface area contributed by atoms with Gasteiger partial charge in [0.2, 0.25) is 11.8 Å². The molecule has 13 heteroatoms. The molecular formula is C37H42F3N5O5. The minimum atomic E-state index is -4.55. The van der Waals surface area contributed by atoms with E-state index in [9.17, 15) is 32.3 Å². The highest BCUT2D eigenvalue weighted by Crippen LogP contribution is 2.36. The van der Waals surface area contributed by atoms with E-state index in [2.05, 4.69) is 21.3 Å². The molecule has 3 heterocycles. The fourth-order valence-corrected chi connectivity index (χ4v) is 6.15. The highest BCUT2D eigenvalue weighted by Gasteiger charge is 2.36. The van der Waals surface area contributed by atoms with Crippen LogP contribution in [0.4, 0.5) is 23.7 Å². The molecule has 4 amide bonds. The van der Waals surface area contributed by atoms with Crippen molar-refractivity contribution < 1.29 is 37.1 Å². The number of rotatable bonds is 0. The van der Waals surface area contributed by atoms with Crippen molar-refractivity contribution >= 4 is 29.5 Å². The third-order valence-electron chi connectivity index (χ3n) is 8.78. The highest BCUT2D eigenvalue weighted by atomic mass is 19.4. The average Bonchev–Trinajstić information content (AvgIpc) is 3.18. The van der Waals surface area contributed by atoms with E-state index in [1.54, 1.807) is 20.8 Å². The molecule has 0 radical (unpaired) electrons. The third kappa shape index (κ3) is 9.41. The number of anilines is 1. The number of halogens is 3. The van der Waals surface area contributed by atoms with Crippen LogP contribution in [0, 0.1) is 0 Å². The van der Waals surface area contributed by atoms with E-state index in [0.717, 1.165) is 34.4 Å². The number of amides is 4. The maximum atomic E-state index is 14.1. The summed E-state index contributed by atoms with van der Waals surface area (Å²) in [5, 5.41) is 11.6. The molecule has 3 aromatic rings. The first-order valence-corrected chi connectivity index (χ1v) is 16.6. The van der Waals surface area contributed by atoms with E-state index < -0.39 is 53.2 Å². The van der Waals surface area contributed by atoms with Crippen LogP contribution in [0.15, 0.2) is 66.7 Å². The average molecular weight is 694 g/mol. The van der Waals surface area contributed by atoms with E-state index in [0.29, 0.717) is 11.3 Å². The minimum Gasteiger partial charge on any atom is -0.461 e. The summed E-state index contributed by atoms with van der Waals surface area (Å²) in [4.78, 5) is 53.8. The lowest BCUT2D eigenvalue weighted by Gasteiger charge is -2.30.